The van der Waals surface area contributed by atoms with Crippen LogP contribution < -0.4 is 4.90 Å². The summed E-state index contributed by atoms with van der Waals surface area (Å²) in [6, 6.07) is 7.20. The van der Waals surface area contributed by atoms with Crippen molar-refractivity contribution in [3.8, 4) is 0 Å². The molecule has 168 valence electrons. The molecule has 2 saturated heterocycles. The summed E-state index contributed by atoms with van der Waals surface area (Å²) in [4.78, 5) is 17.0. The highest BCUT2D eigenvalue weighted by Gasteiger charge is 2.32. The molecule has 1 aromatic rings. The molecule has 2 aliphatic heterocycles. The number of aliphatic hydroxyl groups excluding tert-OH is 1. The molecule has 0 bridgehead atoms. The van der Waals surface area contributed by atoms with Crippen molar-refractivity contribution in [2.24, 2.45) is 17.8 Å². The molecule has 2 aliphatic rings. The Morgan fingerprint density at radius 1 is 1.00 bits per heavy atom. The molecule has 0 radical (unpaired) electrons. The van der Waals surface area contributed by atoms with Crippen LogP contribution in [0.2, 0.25) is 0 Å². The van der Waals surface area contributed by atoms with Gasteiger partial charge in [0, 0.05) is 38.1 Å². The zero-order valence-electron chi connectivity index (χ0n) is 18.5. The first-order valence-electron chi connectivity index (χ1n) is 11.2. The predicted molar refractivity (Wildman–Crippen MR) is 119 cm³/mol. The van der Waals surface area contributed by atoms with E-state index < -0.39 is 15.9 Å². The number of carbonyl (C=O) groups excluding carboxylic acids is 1. The maximum atomic E-state index is 12.4. The normalized spacial score (nSPS) is 20.6. The number of carbonyl (C=O) groups is 1. The molecular weight excluding hydrogens is 400 g/mol. The lowest BCUT2D eigenvalue weighted by Crippen LogP contribution is -2.46. The largest absolute Gasteiger partial charge is 0.383 e. The van der Waals surface area contributed by atoms with Crippen molar-refractivity contribution in [1.29, 1.82) is 0 Å². The average Bonchev–Trinajstić information content (AvgIpc) is 2.72. The standard InChI is InChI=1S/C23H36N2O4S/c1-17(2)16-22(26)23(27)25-14-10-19(11-15-25)18-8-12-24(13-9-18)20-4-6-21(7-5-20)30(3,28)29/h4-7,17-19,22,26H,8-16H2,1-3H3/t22-/m0/s1. The van der Waals surface area contributed by atoms with E-state index in [0.717, 1.165) is 57.5 Å². The molecule has 0 aliphatic carbocycles. The van der Waals surface area contributed by atoms with Gasteiger partial charge in [-0.25, -0.2) is 8.42 Å². The first-order valence-corrected chi connectivity index (χ1v) is 13.1. The maximum Gasteiger partial charge on any atom is 0.251 e. The SMILES string of the molecule is CC(C)C[C@H](O)C(=O)N1CCC(C2CCN(c3ccc(S(C)(=O)=O)cc3)CC2)CC1. The number of amides is 1. The summed E-state index contributed by atoms with van der Waals surface area (Å²) in [6.45, 7) is 7.52. The number of sulfone groups is 1. The molecule has 2 fully saturated rings. The van der Waals surface area contributed by atoms with E-state index in [4.69, 9.17) is 0 Å². The summed E-state index contributed by atoms with van der Waals surface area (Å²) in [5.74, 6) is 1.53. The minimum absolute atomic E-state index is 0.102. The summed E-state index contributed by atoms with van der Waals surface area (Å²) in [5, 5.41) is 10.1. The number of hydrogen-bond donors (Lipinski definition) is 1. The molecule has 1 N–H and O–H groups in total. The fourth-order valence-corrected chi connectivity index (χ4v) is 5.51. The molecule has 0 unspecified atom stereocenters. The predicted octanol–water partition coefficient (Wildman–Crippen LogP) is 2.95. The van der Waals surface area contributed by atoms with E-state index >= 15 is 0 Å². The zero-order valence-corrected chi connectivity index (χ0v) is 19.3. The fraction of sp³-hybridized carbons (Fsp3) is 0.696. The average molecular weight is 437 g/mol. The third-order valence-corrected chi connectivity index (χ3v) is 7.80. The number of likely N-dealkylation sites (tertiary alicyclic amines) is 1. The van der Waals surface area contributed by atoms with Crippen molar-refractivity contribution in [2.45, 2.75) is 57.0 Å². The topological polar surface area (TPSA) is 77.9 Å². The summed E-state index contributed by atoms with van der Waals surface area (Å²) >= 11 is 0. The Morgan fingerprint density at radius 2 is 1.50 bits per heavy atom. The fourth-order valence-electron chi connectivity index (χ4n) is 4.88. The van der Waals surface area contributed by atoms with Crippen molar-refractivity contribution in [2.75, 3.05) is 37.3 Å². The van der Waals surface area contributed by atoms with Crippen LogP contribution >= 0.6 is 0 Å². The highest BCUT2D eigenvalue weighted by molar-refractivity contribution is 7.90. The summed E-state index contributed by atoms with van der Waals surface area (Å²) in [5.41, 5.74) is 1.08. The third kappa shape index (κ3) is 5.76. The Balaban J connectivity index is 1.47. The Bertz CT molecular complexity index is 806. The van der Waals surface area contributed by atoms with E-state index in [0.29, 0.717) is 29.1 Å². The smallest absolute Gasteiger partial charge is 0.251 e. The van der Waals surface area contributed by atoms with E-state index in [2.05, 4.69) is 4.90 Å². The van der Waals surface area contributed by atoms with Crippen molar-refractivity contribution < 1.29 is 18.3 Å². The van der Waals surface area contributed by atoms with Crippen LogP contribution in [0.3, 0.4) is 0 Å². The number of aliphatic hydroxyl groups is 1. The quantitative estimate of drug-likeness (QED) is 0.742. The van der Waals surface area contributed by atoms with Gasteiger partial charge in [-0.05, 0) is 74.1 Å². The molecule has 7 heteroatoms. The van der Waals surface area contributed by atoms with Crippen molar-refractivity contribution >= 4 is 21.4 Å². The number of piperidine rings is 2. The molecule has 30 heavy (non-hydrogen) atoms. The van der Waals surface area contributed by atoms with E-state index in [1.54, 1.807) is 12.1 Å². The second-order valence-corrected chi connectivity index (χ2v) is 11.4. The lowest BCUT2D eigenvalue weighted by atomic mass is 9.78. The minimum atomic E-state index is -3.16. The summed E-state index contributed by atoms with van der Waals surface area (Å²) in [6.07, 6.45) is 5.20. The highest BCUT2D eigenvalue weighted by Crippen LogP contribution is 2.34. The van der Waals surface area contributed by atoms with E-state index in [1.807, 2.05) is 30.9 Å². The van der Waals surface area contributed by atoms with Gasteiger partial charge in [0.1, 0.15) is 6.10 Å². The molecule has 6 nitrogen and oxygen atoms in total. The molecule has 1 aromatic carbocycles. The second kappa shape index (κ2) is 9.69. The van der Waals surface area contributed by atoms with Gasteiger partial charge >= 0.3 is 0 Å². The Labute approximate surface area is 181 Å². The molecule has 0 saturated carbocycles. The lowest BCUT2D eigenvalue weighted by molar-refractivity contribution is -0.142. The van der Waals surface area contributed by atoms with Gasteiger partial charge in [0.05, 0.1) is 4.90 Å². The summed E-state index contributed by atoms with van der Waals surface area (Å²) in [7, 11) is -3.16. The van der Waals surface area contributed by atoms with Crippen molar-refractivity contribution in [3.05, 3.63) is 24.3 Å². The van der Waals surface area contributed by atoms with E-state index in [-0.39, 0.29) is 5.91 Å². The highest BCUT2D eigenvalue weighted by atomic mass is 32.2. The number of hydrogen-bond acceptors (Lipinski definition) is 5. The minimum Gasteiger partial charge on any atom is -0.383 e. The zero-order chi connectivity index (χ0) is 21.9. The van der Waals surface area contributed by atoms with Crippen molar-refractivity contribution in [1.82, 2.24) is 4.90 Å². The van der Waals surface area contributed by atoms with Gasteiger partial charge in [-0.1, -0.05) is 13.8 Å². The third-order valence-electron chi connectivity index (χ3n) is 6.67. The van der Waals surface area contributed by atoms with Crippen LogP contribution in [-0.2, 0) is 14.6 Å². The first kappa shape index (κ1) is 23.1. The number of benzene rings is 1. The van der Waals surface area contributed by atoms with Crippen LogP contribution in [0.5, 0.6) is 0 Å². The molecule has 2 heterocycles. The molecule has 0 aromatic heterocycles. The summed E-state index contributed by atoms with van der Waals surface area (Å²) < 4.78 is 23.3. The Morgan fingerprint density at radius 3 is 1.97 bits per heavy atom. The molecule has 3 rings (SSSR count). The maximum absolute atomic E-state index is 12.4. The first-order chi connectivity index (χ1) is 14.1. The number of nitrogens with zero attached hydrogens (tertiary/aromatic N) is 2. The monoisotopic (exact) mass is 436 g/mol. The Hall–Kier alpha value is -1.60. The number of anilines is 1. The Kier molecular flexibility index (Phi) is 7.45. The molecular formula is C23H36N2O4S. The van der Waals surface area contributed by atoms with Crippen molar-refractivity contribution in [3.63, 3.8) is 0 Å². The van der Waals surface area contributed by atoms with Gasteiger partial charge in [-0.3, -0.25) is 4.79 Å². The molecule has 1 amide bonds. The van der Waals surface area contributed by atoms with E-state index in [9.17, 15) is 18.3 Å². The van der Waals surface area contributed by atoms with Gasteiger partial charge in [0.15, 0.2) is 9.84 Å². The molecule has 1 atom stereocenters. The van der Waals surface area contributed by atoms with Crippen LogP contribution in [0.1, 0.15) is 46.0 Å². The molecule has 0 spiro atoms. The van der Waals surface area contributed by atoms with Gasteiger partial charge in [-0.2, -0.15) is 0 Å². The van der Waals surface area contributed by atoms with Crippen LogP contribution in [0.25, 0.3) is 0 Å². The van der Waals surface area contributed by atoms with Crippen LogP contribution in [-0.4, -0.2) is 62.9 Å². The van der Waals surface area contributed by atoms with Gasteiger partial charge in [0.25, 0.3) is 5.91 Å². The van der Waals surface area contributed by atoms with Crippen LogP contribution in [0.4, 0.5) is 5.69 Å². The van der Waals surface area contributed by atoms with Crippen LogP contribution in [0.15, 0.2) is 29.2 Å². The lowest BCUT2D eigenvalue weighted by Gasteiger charge is -2.41. The van der Waals surface area contributed by atoms with Gasteiger partial charge < -0.3 is 14.9 Å². The van der Waals surface area contributed by atoms with E-state index in [1.165, 1.54) is 6.26 Å². The van der Waals surface area contributed by atoms with Gasteiger partial charge in [0.2, 0.25) is 0 Å². The van der Waals surface area contributed by atoms with Crippen LogP contribution in [0, 0.1) is 17.8 Å². The van der Waals surface area contributed by atoms with Gasteiger partial charge in [-0.15, -0.1) is 0 Å². The second-order valence-electron chi connectivity index (χ2n) is 9.40. The number of rotatable bonds is 6.